The second-order valence-corrected chi connectivity index (χ2v) is 10.6. The molecule has 272 valence electrons. The van der Waals surface area contributed by atoms with E-state index in [2.05, 4.69) is 25.9 Å². The van der Waals surface area contributed by atoms with Crippen molar-refractivity contribution in [3.05, 3.63) is 36.4 Å². The average Bonchev–Trinajstić information content (AvgIpc) is 3.64. The Bertz CT molecular complexity index is 1480. The van der Waals surface area contributed by atoms with Crippen molar-refractivity contribution in [1.82, 2.24) is 40.0 Å². The summed E-state index contributed by atoms with van der Waals surface area (Å²) in [5.41, 5.74) is 0. The van der Waals surface area contributed by atoms with Crippen molar-refractivity contribution in [2.24, 2.45) is 11.8 Å². The summed E-state index contributed by atoms with van der Waals surface area (Å²) >= 11 is 0. The lowest BCUT2D eigenvalue weighted by molar-refractivity contribution is -0.158. The molecule has 0 aliphatic rings. The molecule has 0 unspecified atom stereocenters. The lowest BCUT2D eigenvalue weighted by Gasteiger charge is -2.22. The number of aliphatic carboxylic acids is 6. The van der Waals surface area contributed by atoms with Crippen LogP contribution in [-0.2, 0) is 69.3 Å². The van der Waals surface area contributed by atoms with Crippen LogP contribution in [0.2, 0.25) is 0 Å². The number of nitrogens with zero attached hydrogens (tertiary/aromatic N) is 5. The predicted octanol–water partition coefficient (Wildman–Crippen LogP) is -3.68. The minimum atomic E-state index is -2.10. The molecule has 9 N–H and O–H groups in total. The third-order valence-electron chi connectivity index (χ3n) is 7.01. The maximum absolute atomic E-state index is 12.7. The molecule has 0 radical (unpaired) electrons. The smallest absolute Gasteiger partial charge is 0.326 e. The number of imidazole rings is 2. The first-order valence-corrected chi connectivity index (χ1v) is 14.3. The Labute approximate surface area is 280 Å². The van der Waals surface area contributed by atoms with Gasteiger partial charge in [-0.15, -0.1) is 0 Å². The van der Waals surface area contributed by atoms with Gasteiger partial charge in [0.2, 0.25) is 17.7 Å². The van der Waals surface area contributed by atoms with Gasteiger partial charge >= 0.3 is 35.8 Å². The normalized spacial score (nSPS) is 12.2. The van der Waals surface area contributed by atoms with E-state index in [9.17, 15) is 53.4 Å². The number of carbonyl (C=O) groups excluding carboxylic acids is 3. The van der Waals surface area contributed by atoms with Crippen molar-refractivity contribution in [2.75, 3.05) is 13.6 Å². The number of likely N-dealkylation sites (N-methyl/N-ethyl adjacent to an activating group) is 1. The molecule has 0 aromatic carbocycles. The first kappa shape index (κ1) is 39.8. The molecule has 0 spiro atoms. The van der Waals surface area contributed by atoms with Crippen LogP contribution in [0.5, 0.6) is 0 Å². The number of hydrogen-bond acceptors (Lipinski definition) is 12. The van der Waals surface area contributed by atoms with Crippen molar-refractivity contribution in [3.8, 4) is 0 Å². The summed E-state index contributed by atoms with van der Waals surface area (Å²) in [5.74, 6) is -16.7. The third-order valence-corrected chi connectivity index (χ3v) is 7.01. The summed E-state index contributed by atoms with van der Waals surface area (Å²) in [6, 6.07) is -3.71. The maximum Gasteiger partial charge on any atom is 0.326 e. The summed E-state index contributed by atoms with van der Waals surface area (Å²) < 4.78 is 2.56. The van der Waals surface area contributed by atoms with Gasteiger partial charge in [0, 0.05) is 44.7 Å². The fourth-order valence-corrected chi connectivity index (χ4v) is 4.44. The van der Waals surface area contributed by atoms with E-state index in [0.717, 1.165) is 0 Å². The molecule has 0 fully saturated rings. The molecule has 0 aliphatic heterocycles. The number of carboxylic acids is 6. The summed E-state index contributed by atoms with van der Waals surface area (Å²) in [6.45, 7) is -1.62. The third kappa shape index (κ3) is 12.0. The van der Waals surface area contributed by atoms with E-state index in [-0.39, 0.29) is 31.3 Å². The molecule has 0 bridgehead atoms. The molecule has 23 heteroatoms. The highest BCUT2D eigenvalue weighted by atomic mass is 16.4. The topological polar surface area (TPSA) is 350 Å². The summed E-state index contributed by atoms with van der Waals surface area (Å²) in [6.07, 6.45) is 3.42. The Balaban J connectivity index is 2.19. The number of amides is 3. The number of aromatic nitrogens is 4. The van der Waals surface area contributed by atoms with Crippen LogP contribution in [0.25, 0.3) is 0 Å². The first-order chi connectivity index (χ1) is 23.4. The average molecular weight is 711 g/mol. The SMILES string of the molecule is CNC(=O)CN(Cc1nccn1CC(=O)N[C@@H](CC(C(=O)O)C(=O)O)C(=O)O)Cc1nccn1CC(=O)N[C@H](CC(C(=O)O)C(=O)O)C(=O)O. The molecule has 2 aromatic rings. The minimum absolute atomic E-state index is 0.137. The number of rotatable bonds is 22. The highest BCUT2D eigenvalue weighted by Gasteiger charge is 2.34. The lowest BCUT2D eigenvalue weighted by Crippen LogP contribution is -2.45. The van der Waals surface area contributed by atoms with Gasteiger partial charge in [0.15, 0.2) is 11.8 Å². The Hall–Kier alpha value is -6.39. The van der Waals surface area contributed by atoms with Crippen molar-refractivity contribution in [2.45, 2.75) is 51.1 Å². The van der Waals surface area contributed by atoms with E-state index in [0.29, 0.717) is 0 Å². The van der Waals surface area contributed by atoms with Gasteiger partial charge in [-0.05, 0) is 0 Å². The Morgan fingerprint density at radius 1 is 0.620 bits per heavy atom. The largest absolute Gasteiger partial charge is 0.481 e. The molecule has 0 saturated heterocycles. The molecule has 50 heavy (non-hydrogen) atoms. The van der Waals surface area contributed by atoms with Gasteiger partial charge in [-0.25, -0.2) is 19.6 Å². The van der Waals surface area contributed by atoms with E-state index in [1.165, 1.54) is 45.9 Å². The first-order valence-electron chi connectivity index (χ1n) is 14.3. The molecule has 0 aliphatic carbocycles. The van der Waals surface area contributed by atoms with Crippen LogP contribution in [-0.4, -0.2) is 134 Å². The summed E-state index contributed by atoms with van der Waals surface area (Å²) in [7, 11) is 1.37. The monoisotopic (exact) mass is 710 g/mol. The zero-order valence-corrected chi connectivity index (χ0v) is 26.2. The quantitative estimate of drug-likeness (QED) is 0.0531. The number of hydrogen-bond donors (Lipinski definition) is 9. The lowest BCUT2D eigenvalue weighted by atomic mass is 10.00. The second-order valence-electron chi connectivity index (χ2n) is 10.6. The van der Waals surface area contributed by atoms with Crippen molar-refractivity contribution in [3.63, 3.8) is 0 Å². The molecular formula is C27H34N8O15. The molecule has 2 aromatic heterocycles. The zero-order valence-electron chi connectivity index (χ0n) is 26.2. The van der Waals surface area contributed by atoms with E-state index in [4.69, 9.17) is 20.4 Å². The van der Waals surface area contributed by atoms with Crippen LogP contribution >= 0.6 is 0 Å². The fourth-order valence-electron chi connectivity index (χ4n) is 4.44. The van der Waals surface area contributed by atoms with Crippen LogP contribution in [0.1, 0.15) is 24.5 Å². The van der Waals surface area contributed by atoms with Gasteiger partial charge in [-0.1, -0.05) is 0 Å². The van der Waals surface area contributed by atoms with Crippen LogP contribution in [0.4, 0.5) is 0 Å². The Morgan fingerprint density at radius 2 is 0.980 bits per heavy atom. The Morgan fingerprint density at radius 3 is 1.28 bits per heavy atom. The van der Waals surface area contributed by atoms with Crippen molar-refractivity contribution >= 4 is 53.5 Å². The van der Waals surface area contributed by atoms with E-state index >= 15 is 0 Å². The van der Waals surface area contributed by atoms with Crippen LogP contribution in [0.3, 0.4) is 0 Å². The van der Waals surface area contributed by atoms with E-state index in [1.807, 2.05) is 0 Å². The molecular weight excluding hydrogens is 676 g/mol. The van der Waals surface area contributed by atoms with Gasteiger partial charge in [0.25, 0.3) is 0 Å². The second kappa shape index (κ2) is 18.2. The Kier molecular flexibility index (Phi) is 14.5. The fraction of sp³-hybridized carbons (Fsp3) is 0.444. The van der Waals surface area contributed by atoms with Gasteiger partial charge in [-0.3, -0.25) is 38.5 Å². The summed E-state index contributed by atoms with van der Waals surface area (Å²) in [5, 5.41) is 61.7. The van der Waals surface area contributed by atoms with Crippen molar-refractivity contribution in [1.29, 1.82) is 0 Å². The predicted molar refractivity (Wildman–Crippen MR) is 159 cm³/mol. The minimum Gasteiger partial charge on any atom is -0.481 e. The number of nitrogens with one attached hydrogen (secondary N) is 3. The molecule has 2 heterocycles. The van der Waals surface area contributed by atoms with Crippen LogP contribution < -0.4 is 16.0 Å². The van der Waals surface area contributed by atoms with Crippen LogP contribution in [0.15, 0.2) is 24.8 Å². The highest BCUT2D eigenvalue weighted by Crippen LogP contribution is 2.12. The van der Waals surface area contributed by atoms with Crippen LogP contribution in [0, 0.1) is 11.8 Å². The number of carbonyl (C=O) groups is 9. The van der Waals surface area contributed by atoms with E-state index in [1.54, 1.807) is 0 Å². The van der Waals surface area contributed by atoms with Gasteiger partial charge in [-0.2, -0.15) is 0 Å². The molecule has 23 nitrogen and oxygen atoms in total. The molecule has 3 amide bonds. The highest BCUT2D eigenvalue weighted by molar-refractivity contribution is 5.95. The van der Waals surface area contributed by atoms with Gasteiger partial charge in [0.05, 0.1) is 19.6 Å². The van der Waals surface area contributed by atoms with Gasteiger partial charge in [0.1, 0.15) is 36.8 Å². The summed E-state index contributed by atoms with van der Waals surface area (Å²) in [4.78, 5) is 116. The maximum atomic E-state index is 12.7. The van der Waals surface area contributed by atoms with Gasteiger partial charge < -0.3 is 55.7 Å². The molecule has 0 saturated carbocycles. The molecule has 2 rings (SSSR count). The van der Waals surface area contributed by atoms with Crippen molar-refractivity contribution < 1.29 is 73.8 Å². The number of carboxylic acid groups (broad SMARTS) is 6. The molecule has 2 atom stereocenters. The zero-order chi connectivity index (χ0) is 37.7. The van der Waals surface area contributed by atoms with E-state index < -0.39 is 103 Å². The standard InChI is InChI=1S/C27H34N8O15/c1-28-19(36)10-33(8-17-29-2-4-34(17)11-20(37)31-15(26(47)48)6-13(22(39)40)23(41)42)9-18-30-3-5-35(18)12-21(38)32-16(27(49)50)7-14(24(43)44)25(45)46/h2-5,13-16H,6-12H2,1H3,(H,28,36)(H,31,37)(H,32,38)(H,39,40)(H,41,42)(H,43,44)(H,45,46)(H,47,48)(H,49,50)/t15-,16+.